The maximum absolute atomic E-state index is 2.51. The first kappa shape index (κ1) is 20.1. The minimum atomic E-state index is 1.25. The van der Waals surface area contributed by atoms with Crippen LogP contribution in [0.2, 0.25) is 0 Å². The lowest BCUT2D eigenvalue weighted by molar-refractivity contribution is 1.20. The third-order valence-electron chi connectivity index (χ3n) is 8.64. The third kappa shape index (κ3) is 2.34. The quantitative estimate of drug-likeness (QED) is 0.207. The fraction of sp³-hybridized carbons (Fsp3) is 0. The minimum absolute atomic E-state index is 1.25. The van der Waals surface area contributed by atoms with Crippen LogP contribution in [0.15, 0.2) is 121 Å². The highest BCUT2D eigenvalue weighted by molar-refractivity contribution is 7.25. The maximum Gasteiger partial charge on any atom is 0.0619 e. The van der Waals surface area contributed by atoms with Crippen LogP contribution in [-0.4, -0.2) is 8.97 Å². The van der Waals surface area contributed by atoms with Gasteiger partial charge in [-0.2, -0.15) is 0 Å². The molecule has 2 nitrogen and oxygen atoms in total. The summed E-state index contributed by atoms with van der Waals surface area (Å²) in [6, 6.07) is 44.9. The molecule has 10 aromatic rings. The molecule has 6 aromatic carbocycles. The van der Waals surface area contributed by atoms with Crippen molar-refractivity contribution in [3.8, 4) is 5.69 Å². The van der Waals surface area contributed by atoms with Crippen molar-refractivity contribution in [1.29, 1.82) is 0 Å². The molecule has 0 saturated carbocycles. The molecule has 4 heterocycles. The van der Waals surface area contributed by atoms with Crippen LogP contribution in [0.1, 0.15) is 0 Å². The number of benzene rings is 6. The fourth-order valence-electron chi connectivity index (χ4n) is 7.19. The van der Waals surface area contributed by atoms with Crippen LogP contribution in [0.4, 0.5) is 0 Å². The summed E-state index contributed by atoms with van der Waals surface area (Å²) in [5.74, 6) is 0. The van der Waals surface area contributed by atoms with Gasteiger partial charge in [-0.1, -0.05) is 78.9 Å². The number of hydrogen-bond donors (Lipinski definition) is 0. The van der Waals surface area contributed by atoms with Gasteiger partial charge in [-0.25, -0.2) is 0 Å². The molecule has 0 spiro atoms. The summed E-state index contributed by atoms with van der Waals surface area (Å²) in [5, 5.41) is 10.5. The summed E-state index contributed by atoms with van der Waals surface area (Å²) in [6.45, 7) is 0. The summed E-state index contributed by atoms with van der Waals surface area (Å²) >= 11 is 1.88. The van der Waals surface area contributed by atoms with Crippen LogP contribution in [0.3, 0.4) is 0 Å². The van der Waals surface area contributed by atoms with Gasteiger partial charge >= 0.3 is 0 Å². The number of thiophene rings is 1. The van der Waals surface area contributed by atoms with Crippen LogP contribution in [0, 0.1) is 0 Å². The number of hydrogen-bond acceptors (Lipinski definition) is 1. The second-order valence-electron chi connectivity index (χ2n) is 10.5. The first-order chi connectivity index (χ1) is 19.4. The molecule has 0 aliphatic rings. The lowest BCUT2D eigenvalue weighted by atomic mass is 10.0. The van der Waals surface area contributed by atoms with Gasteiger partial charge in [0, 0.05) is 47.1 Å². The molecule has 39 heavy (non-hydrogen) atoms. The van der Waals surface area contributed by atoms with E-state index in [0.717, 1.165) is 0 Å². The third-order valence-corrected chi connectivity index (χ3v) is 9.78. The van der Waals surface area contributed by atoms with E-state index in [1.165, 1.54) is 85.8 Å². The smallest absolute Gasteiger partial charge is 0.0619 e. The Hall–Kier alpha value is -4.86. The number of rotatable bonds is 1. The predicted molar refractivity (Wildman–Crippen MR) is 168 cm³/mol. The van der Waals surface area contributed by atoms with E-state index in [9.17, 15) is 0 Å². The molecule has 4 aromatic heterocycles. The highest BCUT2D eigenvalue weighted by Gasteiger charge is 2.22. The molecule has 0 aliphatic heterocycles. The van der Waals surface area contributed by atoms with Gasteiger partial charge in [-0.05, 0) is 47.9 Å². The van der Waals surface area contributed by atoms with E-state index in [1.54, 1.807) is 0 Å². The van der Waals surface area contributed by atoms with Crippen LogP contribution in [0.25, 0.3) is 85.8 Å². The monoisotopic (exact) mass is 512 g/mol. The van der Waals surface area contributed by atoms with Gasteiger partial charge in [0.05, 0.1) is 33.3 Å². The van der Waals surface area contributed by atoms with Crippen molar-refractivity contribution < 1.29 is 0 Å². The Morgan fingerprint density at radius 2 is 0.974 bits per heavy atom. The Morgan fingerprint density at radius 1 is 0.385 bits per heavy atom. The van der Waals surface area contributed by atoms with Crippen molar-refractivity contribution in [2.24, 2.45) is 0 Å². The fourth-order valence-corrected chi connectivity index (χ4v) is 8.32. The molecule has 10 rings (SSSR count). The maximum atomic E-state index is 2.51. The Morgan fingerprint density at radius 3 is 1.90 bits per heavy atom. The first-order valence-electron chi connectivity index (χ1n) is 13.4. The molecule has 180 valence electrons. The number of nitrogens with zero attached hydrogens (tertiary/aromatic N) is 2. The molecule has 0 radical (unpaired) electrons. The average molecular weight is 513 g/mol. The Bertz CT molecular complexity index is 2610. The zero-order valence-corrected chi connectivity index (χ0v) is 21.7. The van der Waals surface area contributed by atoms with E-state index >= 15 is 0 Å². The molecular weight excluding hydrogens is 492 g/mol. The number of fused-ring (bicyclic) bond motifs is 8. The largest absolute Gasteiger partial charge is 0.308 e. The van der Waals surface area contributed by atoms with Crippen molar-refractivity contribution in [1.82, 2.24) is 8.97 Å². The summed E-state index contributed by atoms with van der Waals surface area (Å²) in [7, 11) is 0. The van der Waals surface area contributed by atoms with E-state index in [-0.39, 0.29) is 0 Å². The van der Waals surface area contributed by atoms with Gasteiger partial charge in [-0.3, -0.25) is 0 Å². The Labute approximate surface area is 226 Å². The van der Waals surface area contributed by atoms with Crippen molar-refractivity contribution >= 4 is 91.4 Å². The highest BCUT2D eigenvalue weighted by atomic mass is 32.1. The summed E-state index contributed by atoms with van der Waals surface area (Å²) in [4.78, 5) is 0. The van der Waals surface area contributed by atoms with Crippen LogP contribution >= 0.6 is 11.3 Å². The summed E-state index contributed by atoms with van der Waals surface area (Å²) in [6.07, 6.45) is 0. The van der Waals surface area contributed by atoms with Gasteiger partial charge in [0.1, 0.15) is 0 Å². The van der Waals surface area contributed by atoms with Gasteiger partial charge < -0.3 is 8.97 Å². The molecule has 0 fully saturated rings. The standard InChI is InChI=1S/C36H20N2S/c1-3-14-26-21(9-1)23-12-5-13-24-22-11-6-15-28-34(22)35-29(16-7-17-30(35)38(26)36(23)24)37(28)27-18-8-20-32-33(27)25-10-2-4-19-31(25)39-32/h1-20H. The van der Waals surface area contributed by atoms with E-state index in [4.69, 9.17) is 0 Å². The van der Waals surface area contributed by atoms with E-state index in [2.05, 4.69) is 130 Å². The highest BCUT2D eigenvalue weighted by Crippen LogP contribution is 2.45. The molecule has 0 aliphatic carbocycles. The van der Waals surface area contributed by atoms with Crippen molar-refractivity contribution in [2.75, 3.05) is 0 Å². The Balaban J connectivity index is 1.53. The Kier molecular flexibility index (Phi) is 3.59. The number of aromatic nitrogens is 2. The SMILES string of the molecule is c1ccc2c(c1)sc1cccc(-n3c4cccc5c6cccc7c8ccccc8n(c8cccc3c8c54)c67)c12. The topological polar surface area (TPSA) is 9.34 Å². The molecule has 0 amide bonds. The van der Waals surface area contributed by atoms with E-state index in [0.29, 0.717) is 0 Å². The zero-order valence-electron chi connectivity index (χ0n) is 20.8. The van der Waals surface area contributed by atoms with E-state index < -0.39 is 0 Å². The molecule has 0 N–H and O–H groups in total. The molecular formula is C36H20N2S. The summed E-state index contributed by atoms with van der Waals surface area (Å²) in [5.41, 5.74) is 7.55. The second-order valence-corrected chi connectivity index (χ2v) is 11.6. The lowest BCUT2D eigenvalue weighted by Crippen LogP contribution is -1.95. The molecule has 3 heteroatoms. The van der Waals surface area contributed by atoms with Gasteiger partial charge in [0.25, 0.3) is 0 Å². The minimum Gasteiger partial charge on any atom is -0.308 e. The van der Waals surface area contributed by atoms with Crippen LogP contribution in [0.5, 0.6) is 0 Å². The number of para-hydroxylation sites is 2. The van der Waals surface area contributed by atoms with Crippen LogP contribution in [-0.2, 0) is 0 Å². The first-order valence-corrected chi connectivity index (χ1v) is 14.2. The second kappa shape index (κ2) is 6.96. The van der Waals surface area contributed by atoms with Crippen LogP contribution < -0.4 is 0 Å². The normalized spacial score (nSPS) is 12.6. The van der Waals surface area contributed by atoms with E-state index in [1.807, 2.05) is 11.3 Å². The molecule has 0 saturated heterocycles. The van der Waals surface area contributed by atoms with Gasteiger partial charge in [0.15, 0.2) is 0 Å². The van der Waals surface area contributed by atoms with Crippen molar-refractivity contribution in [3.05, 3.63) is 121 Å². The lowest BCUT2D eigenvalue weighted by Gasteiger charge is -2.11. The van der Waals surface area contributed by atoms with Crippen molar-refractivity contribution in [3.63, 3.8) is 0 Å². The van der Waals surface area contributed by atoms with Crippen molar-refractivity contribution in [2.45, 2.75) is 0 Å². The molecule has 0 atom stereocenters. The molecule has 0 unspecified atom stereocenters. The summed E-state index contributed by atoms with van der Waals surface area (Å²) < 4.78 is 7.67. The average Bonchev–Trinajstić information content (AvgIpc) is 3.62. The van der Waals surface area contributed by atoms with Gasteiger partial charge in [0.2, 0.25) is 0 Å². The predicted octanol–water partition coefficient (Wildman–Crippen LogP) is 10.3. The zero-order chi connectivity index (χ0) is 25.2. The van der Waals surface area contributed by atoms with Gasteiger partial charge in [-0.15, -0.1) is 11.3 Å². The molecule has 0 bridgehead atoms.